The van der Waals surface area contributed by atoms with Gasteiger partial charge in [-0.2, -0.15) is 0 Å². The van der Waals surface area contributed by atoms with E-state index in [2.05, 4.69) is 57.8 Å². The molecule has 0 atom stereocenters. The third kappa shape index (κ3) is 5.20. The summed E-state index contributed by atoms with van der Waals surface area (Å²) in [6.07, 6.45) is 3.86. The van der Waals surface area contributed by atoms with Crippen LogP contribution in [0, 0.1) is 0 Å². The first-order valence-electron chi connectivity index (χ1n) is 10.7. The Bertz CT molecular complexity index is 930. The van der Waals surface area contributed by atoms with Gasteiger partial charge in [0.1, 0.15) is 12.0 Å². The van der Waals surface area contributed by atoms with Crippen molar-refractivity contribution in [3.63, 3.8) is 0 Å². The molecule has 0 radical (unpaired) electrons. The molecule has 6 heteroatoms. The summed E-state index contributed by atoms with van der Waals surface area (Å²) in [6.45, 7) is 5.48. The van der Waals surface area contributed by atoms with Gasteiger partial charge in [0.05, 0.1) is 6.54 Å². The molecule has 2 aromatic carbocycles. The van der Waals surface area contributed by atoms with Gasteiger partial charge in [-0.25, -0.2) is 9.98 Å². The molecule has 3 aromatic rings. The standard InChI is InChI=1S/C24H29N5O/c1-2-25-24(26-17-21-18-30-23(27-21)19-9-5-3-6-10-19)28-20-13-15-29(16-14-20)22-11-7-4-8-12-22/h3-12,18,20H,2,13-17H2,1H3,(H2,25,26,28). The van der Waals surface area contributed by atoms with Crippen LogP contribution in [-0.4, -0.2) is 36.6 Å². The molecule has 1 fully saturated rings. The molecular formula is C24H29N5O. The number of oxazole rings is 1. The number of piperidine rings is 1. The zero-order chi connectivity index (χ0) is 20.6. The van der Waals surface area contributed by atoms with Gasteiger partial charge in [0.15, 0.2) is 5.96 Å². The summed E-state index contributed by atoms with van der Waals surface area (Å²) in [5, 5.41) is 6.94. The SMILES string of the molecule is CCNC(=NCc1coc(-c2ccccc2)n1)NC1CCN(c2ccccc2)CC1. The first kappa shape index (κ1) is 20.0. The fraction of sp³-hybridized carbons (Fsp3) is 0.333. The van der Waals surface area contributed by atoms with Crippen LogP contribution in [0.2, 0.25) is 0 Å². The second-order valence-corrected chi connectivity index (χ2v) is 7.45. The molecule has 0 bridgehead atoms. The third-order valence-corrected chi connectivity index (χ3v) is 5.27. The number of para-hydroxylation sites is 1. The van der Waals surface area contributed by atoms with Gasteiger partial charge >= 0.3 is 0 Å². The fourth-order valence-corrected chi connectivity index (χ4v) is 3.69. The lowest BCUT2D eigenvalue weighted by Crippen LogP contribution is -2.48. The number of hydrogen-bond donors (Lipinski definition) is 2. The Balaban J connectivity index is 1.33. The molecule has 1 aliphatic heterocycles. The highest BCUT2D eigenvalue weighted by Gasteiger charge is 2.20. The van der Waals surface area contributed by atoms with Crippen LogP contribution in [0.4, 0.5) is 5.69 Å². The summed E-state index contributed by atoms with van der Waals surface area (Å²) in [6, 6.07) is 21.0. The lowest BCUT2D eigenvalue weighted by atomic mass is 10.0. The smallest absolute Gasteiger partial charge is 0.226 e. The van der Waals surface area contributed by atoms with Crippen LogP contribution in [0.3, 0.4) is 0 Å². The summed E-state index contributed by atoms with van der Waals surface area (Å²) in [5.41, 5.74) is 3.10. The van der Waals surface area contributed by atoms with Crippen molar-refractivity contribution >= 4 is 11.6 Å². The van der Waals surface area contributed by atoms with Gasteiger partial charge in [-0.3, -0.25) is 0 Å². The summed E-state index contributed by atoms with van der Waals surface area (Å²) in [4.78, 5) is 11.7. The van der Waals surface area contributed by atoms with Crippen molar-refractivity contribution in [3.8, 4) is 11.5 Å². The van der Waals surface area contributed by atoms with Crippen LogP contribution in [0.5, 0.6) is 0 Å². The van der Waals surface area contributed by atoms with E-state index < -0.39 is 0 Å². The van der Waals surface area contributed by atoms with Gasteiger partial charge in [0.2, 0.25) is 5.89 Å². The molecule has 1 aromatic heterocycles. The van der Waals surface area contributed by atoms with E-state index in [1.807, 2.05) is 30.3 Å². The normalized spacial score (nSPS) is 15.2. The van der Waals surface area contributed by atoms with E-state index in [0.29, 0.717) is 18.5 Å². The third-order valence-electron chi connectivity index (χ3n) is 5.27. The fourth-order valence-electron chi connectivity index (χ4n) is 3.69. The zero-order valence-corrected chi connectivity index (χ0v) is 17.4. The molecule has 4 rings (SSSR count). The number of rotatable bonds is 6. The van der Waals surface area contributed by atoms with E-state index in [-0.39, 0.29) is 0 Å². The predicted molar refractivity (Wildman–Crippen MR) is 122 cm³/mol. The van der Waals surface area contributed by atoms with Crippen LogP contribution in [0.15, 0.2) is 76.3 Å². The van der Waals surface area contributed by atoms with E-state index in [9.17, 15) is 0 Å². The number of guanidine groups is 1. The van der Waals surface area contributed by atoms with Crippen molar-refractivity contribution < 1.29 is 4.42 Å². The van der Waals surface area contributed by atoms with E-state index in [1.54, 1.807) is 6.26 Å². The van der Waals surface area contributed by atoms with Gasteiger partial charge in [0, 0.05) is 36.9 Å². The van der Waals surface area contributed by atoms with E-state index in [0.717, 1.165) is 49.7 Å². The highest BCUT2D eigenvalue weighted by atomic mass is 16.3. The molecule has 30 heavy (non-hydrogen) atoms. The zero-order valence-electron chi connectivity index (χ0n) is 17.4. The largest absolute Gasteiger partial charge is 0.444 e. The number of nitrogens with one attached hydrogen (secondary N) is 2. The number of aliphatic imine (C=N–C) groups is 1. The molecule has 0 spiro atoms. The van der Waals surface area contributed by atoms with Crippen LogP contribution in [-0.2, 0) is 6.54 Å². The topological polar surface area (TPSA) is 65.7 Å². The molecule has 2 N–H and O–H groups in total. The Morgan fingerprint density at radius 3 is 2.47 bits per heavy atom. The molecule has 0 unspecified atom stereocenters. The van der Waals surface area contributed by atoms with Crippen molar-refractivity contribution in [2.75, 3.05) is 24.5 Å². The Morgan fingerprint density at radius 1 is 1.07 bits per heavy atom. The molecule has 156 valence electrons. The van der Waals surface area contributed by atoms with Gasteiger partial charge < -0.3 is 20.0 Å². The highest BCUT2D eigenvalue weighted by Crippen LogP contribution is 2.20. The summed E-state index contributed by atoms with van der Waals surface area (Å²) in [7, 11) is 0. The summed E-state index contributed by atoms with van der Waals surface area (Å²) >= 11 is 0. The van der Waals surface area contributed by atoms with Crippen molar-refractivity contribution in [2.45, 2.75) is 32.4 Å². The van der Waals surface area contributed by atoms with Crippen molar-refractivity contribution in [1.29, 1.82) is 0 Å². The molecule has 0 aliphatic carbocycles. The highest BCUT2D eigenvalue weighted by molar-refractivity contribution is 5.80. The second kappa shape index (κ2) is 9.96. The maximum atomic E-state index is 5.62. The minimum atomic E-state index is 0.417. The van der Waals surface area contributed by atoms with Gasteiger partial charge in [-0.05, 0) is 44.0 Å². The van der Waals surface area contributed by atoms with E-state index >= 15 is 0 Å². The van der Waals surface area contributed by atoms with Gasteiger partial charge in [0.25, 0.3) is 0 Å². The minimum Gasteiger partial charge on any atom is -0.444 e. The Kier molecular flexibility index (Phi) is 6.65. The molecule has 1 aliphatic rings. The molecule has 0 amide bonds. The molecular weight excluding hydrogens is 374 g/mol. The van der Waals surface area contributed by atoms with Gasteiger partial charge in [-0.1, -0.05) is 36.4 Å². The minimum absolute atomic E-state index is 0.417. The van der Waals surface area contributed by atoms with Crippen LogP contribution < -0.4 is 15.5 Å². The first-order chi connectivity index (χ1) is 14.8. The predicted octanol–water partition coefficient (Wildman–Crippen LogP) is 4.07. The molecule has 2 heterocycles. The molecule has 1 saturated heterocycles. The second-order valence-electron chi connectivity index (χ2n) is 7.45. The monoisotopic (exact) mass is 403 g/mol. The number of aromatic nitrogens is 1. The quantitative estimate of drug-likeness (QED) is 0.480. The van der Waals surface area contributed by atoms with Crippen molar-refractivity contribution in [1.82, 2.24) is 15.6 Å². The average Bonchev–Trinajstić information content (AvgIpc) is 3.28. The number of nitrogens with zero attached hydrogens (tertiary/aromatic N) is 3. The molecule has 0 saturated carbocycles. The lowest BCUT2D eigenvalue weighted by molar-refractivity contribution is 0.461. The maximum Gasteiger partial charge on any atom is 0.226 e. The summed E-state index contributed by atoms with van der Waals surface area (Å²) in [5.74, 6) is 1.46. The van der Waals surface area contributed by atoms with Crippen LogP contribution in [0.1, 0.15) is 25.5 Å². The van der Waals surface area contributed by atoms with Crippen molar-refractivity contribution in [3.05, 3.63) is 72.6 Å². The van der Waals surface area contributed by atoms with Crippen LogP contribution >= 0.6 is 0 Å². The lowest BCUT2D eigenvalue weighted by Gasteiger charge is -2.34. The number of hydrogen-bond acceptors (Lipinski definition) is 4. The Morgan fingerprint density at radius 2 is 1.77 bits per heavy atom. The number of anilines is 1. The van der Waals surface area contributed by atoms with E-state index in [4.69, 9.17) is 9.41 Å². The van der Waals surface area contributed by atoms with Gasteiger partial charge in [-0.15, -0.1) is 0 Å². The van der Waals surface area contributed by atoms with E-state index in [1.165, 1.54) is 5.69 Å². The number of benzene rings is 2. The Hall–Kier alpha value is -3.28. The average molecular weight is 404 g/mol. The van der Waals surface area contributed by atoms with Crippen molar-refractivity contribution in [2.24, 2.45) is 4.99 Å². The first-order valence-corrected chi connectivity index (χ1v) is 10.7. The Labute approximate surface area is 178 Å². The summed E-state index contributed by atoms with van der Waals surface area (Å²) < 4.78 is 5.62. The maximum absolute atomic E-state index is 5.62. The van der Waals surface area contributed by atoms with Crippen LogP contribution in [0.25, 0.3) is 11.5 Å². The molecule has 6 nitrogen and oxygen atoms in total.